The van der Waals surface area contributed by atoms with Crippen molar-refractivity contribution in [2.24, 2.45) is 5.92 Å². The van der Waals surface area contributed by atoms with E-state index < -0.39 is 5.60 Å². The molecule has 1 aliphatic carbocycles. The lowest BCUT2D eigenvalue weighted by Crippen LogP contribution is -2.44. The van der Waals surface area contributed by atoms with Crippen LogP contribution < -0.4 is 5.32 Å². The number of ether oxygens (including phenoxy) is 2. The molecule has 1 saturated carbocycles. The Bertz CT molecular complexity index is 606. The zero-order chi connectivity index (χ0) is 20.0. The number of likely N-dealkylation sites (tertiary alicyclic amines) is 1. The summed E-state index contributed by atoms with van der Waals surface area (Å²) in [7, 11) is 0. The van der Waals surface area contributed by atoms with Gasteiger partial charge in [0.2, 0.25) is 0 Å². The van der Waals surface area contributed by atoms with Gasteiger partial charge in [0.25, 0.3) is 0 Å². The number of rotatable bonds is 6. The SMILES string of the molecule is CC(C)(C)OC(=O)NC1CCC(N2CC[C@@H](COCc3ccccc3)C2)CC1. The molecule has 1 aliphatic heterocycles. The summed E-state index contributed by atoms with van der Waals surface area (Å²) in [5, 5.41) is 3.04. The summed E-state index contributed by atoms with van der Waals surface area (Å²) >= 11 is 0. The number of alkyl carbamates (subject to hydrolysis) is 1. The molecule has 1 aromatic carbocycles. The minimum absolute atomic E-state index is 0.249. The molecule has 0 aromatic heterocycles. The first-order chi connectivity index (χ1) is 13.4. The van der Waals surface area contributed by atoms with E-state index >= 15 is 0 Å². The Labute approximate surface area is 169 Å². The van der Waals surface area contributed by atoms with Gasteiger partial charge < -0.3 is 19.7 Å². The van der Waals surface area contributed by atoms with Crippen LogP contribution in [0.3, 0.4) is 0 Å². The molecular formula is C23H36N2O3. The standard InChI is InChI=1S/C23H36N2O3/c1-23(2,3)28-22(26)24-20-9-11-21(12-10-20)25-14-13-19(15-25)17-27-16-18-7-5-4-6-8-18/h4-8,19-21H,9-17H2,1-3H3,(H,24,26)/t19-,20?,21?/m1/s1. The second-order valence-electron chi connectivity index (χ2n) is 9.30. The van der Waals surface area contributed by atoms with Crippen LogP contribution in [-0.2, 0) is 16.1 Å². The number of amides is 1. The van der Waals surface area contributed by atoms with E-state index in [1.165, 1.54) is 18.5 Å². The van der Waals surface area contributed by atoms with Crippen molar-refractivity contribution in [2.45, 2.75) is 77.2 Å². The van der Waals surface area contributed by atoms with Crippen molar-refractivity contribution in [1.29, 1.82) is 0 Å². The van der Waals surface area contributed by atoms with Gasteiger partial charge in [0.05, 0.1) is 13.2 Å². The van der Waals surface area contributed by atoms with Crippen LogP contribution in [0.25, 0.3) is 0 Å². The third-order valence-corrected chi connectivity index (χ3v) is 5.72. The highest BCUT2D eigenvalue weighted by Crippen LogP contribution is 2.28. The van der Waals surface area contributed by atoms with Crippen LogP contribution in [-0.4, -0.2) is 48.4 Å². The molecule has 1 saturated heterocycles. The first kappa shape index (κ1) is 21.1. The van der Waals surface area contributed by atoms with Crippen LogP contribution >= 0.6 is 0 Å². The van der Waals surface area contributed by atoms with Crippen molar-refractivity contribution >= 4 is 6.09 Å². The molecule has 2 aliphatic rings. The summed E-state index contributed by atoms with van der Waals surface area (Å²) in [6, 6.07) is 11.3. The maximum atomic E-state index is 12.0. The van der Waals surface area contributed by atoms with Gasteiger partial charge in [-0.1, -0.05) is 30.3 Å². The third-order valence-electron chi connectivity index (χ3n) is 5.72. The van der Waals surface area contributed by atoms with Gasteiger partial charge in [-0.2, -0.15) is 0 Å². The number of hydrogen-bond donors (Lipinski definition) is 1. The summed E-state index contributed by atoms with van der Waals surface area (Å²) in [6.07, 6.45) is 5.32. The number of hydrogen-bond acceptors (Lipinski definition) is 4. The van der Waals surface area contributed by atoms with Gasteiger partial charge in [-0.3, -0.25) is 0 Å². The Morgan fingerprint density at radius 2 is 1.82 bits per heavy atom. The molecule has 0 unspecified atom stereocenters. The zero-order valence-electron chi connectivity index (χ0n) is 17.7. The Kier molecular flexibility index (Phi) is 7.36. The number of carbonyl (C=O) groups is 1. The molecule has 1 aromatic rings. The van der Waals surface area contributed by atoms with Gasteiger partial charge in [-0.15, -0.1) is 0 Å². The molecule has 1 heterocycles. The van der Waals surface area contributed by atoms with E-state index in [0.717, 1.165) is 38.8 Å². The van der Waals surface area contributed by atoms with E-state index in [0.29, 0.717) is 18.6 Å². The minimum Gasteiger partial charge on any atom is -0.444 e. The van der Waals surface area contributed by atoms with Crippen molar-refractivity contribution in [3.8, 4) is 0 Å². The molecular weight excluding hydrogens is 352 g/mol. The van der Waals surface area contributed by atoms with E-state index in [1.54, 1.807) is 0 Å². The normalized spacial score (nSPS) is 26.2. The molecule has 5 nitrogen and oxygen atoms in total. The van der Waals surface area contributed by atoms with Crippen LogP contribution in [0, 0.1) is 5.92 Å². The molecule has 1 atom stereocenters. The van der Waals surface area contributed by atoms with Crippen molar-refractivity contribution < 1.29 is 14.3 Å². The van der Waals surface area contributed by atoms with Crippen LogP contribution in [0.2, 0.25) is 0 Å². The van der Waals surface area contributed by atoms with E-state index in [2.05, 4.69) is 34.5 Å². The fourth-order valence-corrected chi connectivity index (χ4v) is 4.31. The second-order valence-corrected chi connectivity index (χ2v) is 9.30. The maximum absolute atomic E-state index is 12.0. The van der Waals surface area contributed by atoms with E-state index in [9.17, 15) is 4.79 Å². The quantitative estimate of drug-likeness (QED) is 0.787. The molecule has 0 bridgehead atoms. The summed E-state index contributed by atoms with van der Waals surface area (Å²) in [5.74, 6) is 0.640. The molecule has 3 rings (SSSR count). The number of benzene rings is 1. The molecule has 1 N–H and O–H groups in total. The predicted molar refractivity (Wildman–Crippen MR) is 111 cm³/mol. The van der Waals surface area contributed by atoms with Gasteiger partial charge >= 0.3 is 6.09 Å². The van der Waals surface area contributed by atoms with Crippen LogP contribution in [0.5, 0.6) is 0 Å². The van der Waals surface area contributed by atoms with Crippen molar-refractivity contribution in [2.75, 3.05) is 19.7 Å². The van der Waals surface area contributed by atoms with Gasteiger partial charge in [-0.05, 0) is 70.9 Å². The molecule has 156 valence electrons. The lowest BCUT2D eigenvalue weighted by atomic mass is 9.90. The van der Waals surface area contributed by atoms with Crippen molar-refractivity contribution in [3.05, 3.63) is 35.9 Å². The van der Waals surface area contributed by atoms with E-state index in [-0.39, 0.29) is 12.1 Å². The van der Waals surface area contributed by atoms with Gasteiger partial charge in [0, 0.05) is 18.6 Å². The van der Waals surface area contributed by atoms with E-state index in [4.69, 9.17) is 9.47 Å². The molecule has 1 amide bonds. The highest BCUT2D eigenvalue weighted by Gasteiger charge is 2.32. The van der Waals surface area contributed by atoms with Crippen LogP contribution in [0.4, 0.5) is 4.79 Å². The molecule has 0 spiro atoms. The highest BCUT2D eigenvalue weighted by molar-refractivity contribution is 5.68. The summed E-state index contributed by atoms with van der Waals surface area (Å²) in [6.45, 7) is 9.57. The van der Waals surface area contributed by atoms with Gasteiger partial charge in [0.1, 0.15) is 5.60 Å². The van der Waals surface area contributed by atoms with E-state index in [1.807, 2.05) is 26.8 Å². The number of nitrogens with zero attached hydrogens (tertiary/aromatic N) is 1. The summed E-state index contributed by atoms with van der Waals surface area (Å²) < 4.78 is 11.3. The zero-order valence-corrected chi connectivity index (χ0v) is 17.7. The van der Waals surface area contributed by atoms with Gasteiger partial charge in [0.15, 0.2) is 0 Å². The minimum atomic E-state index is -0.436. The van der Waals surface area contributed by atoms with Crippen LogP contribution in [0.1, 0.15) is 58.4 Å². The topological polar surface area (TPSA) is 50.8 Å². The third kappa shape index (κ3) is 6.78. The summed E-state index contributed by atoms with van der Waals surface area (Å²) in [5.41, 5.74) is 0.808. The monoisotopic (exact) mass is 388 g/mol. The average molecular weight is 389 g/mol. The fourth-order valence-electron chi connectivity index (χ4n) is 4.31. The smallest absolute Gasteiger partial charge is 0.407 e. The number of nitrogens with one attached hydrogen (secondary N) is 1. The average Bonchev–Trinajstić information content (AvgIpc) is 3.10. The Morgan fingerprint density at radius 1 is 1.11 bits per heavy atom. The predicted octanol–water partition coefficient (Wildman–Crippen LogP) is 4.36. The Balaban J connectivity index is 1.32. The fraction of sp³-hybridized carbons (Fsp3) is 0.696. The molecule has 2 fully saturated rings. The summed E-state index contributed by atoms with van der Waals surface area (Å²) in [4.78, 5) is 14.6. The first-order valence-corrected chi connectivity index (χ1v) is 10.7. The van der Waals surface area contributed by atoms with Crippen molar-refractivity contribution in [1.82, 2.24) is 10.2 Å². The molecule has 5 heteroatoms. The maximum Gasteiger partial charge on any atom is 0.407 e. The Hall–Kier alpha value is -1.59. The van der Waals surface area contributed by atoms with Gasteiger partial charge in [-0.25, -0.2) is 4.79 Å². The van der Waals surface area contributed by atoms with Crippen molar-refractivity contribution in [3.63, 3.8) is 0 Å². The lowest BCUT2D eigenvalue weighted by Gasteiger charge is -2.35. The second kappa shape index (κ2) is 9.75. The molecule has 28 heavy (non-hydrogen) atoms. The number of carbonyl (C=O) groups excluding carboxylic acids is 1. The largest absolute Gasteiger partial charge is 0.444 e. The first-order valence-electron chi connectivity index (χ1n) is 10.7. The van der Waals surface area contributed by atoms with Crippen LogP contribution in [0.15, 0.2) is 30.3 Å². The Morgan fingerprint density at radius 3 is 2.50 bits per heavy atom. The highest BCUT2D eigenvalue weighted by atomic mass is 16.6. The molecule has 0 radical (unpaired) electrons. The lowest BCUT2D eigenvalue weighted by molar-refractivity contribution is 0.0477.